The van der Waals surface area contributed by atoms with Gasteiger partial charge in [0.2, 0.25) is 0 Å². The summed E-state index contributed by atoms with van der Waals surface area (Å²) in [4.78, 5) is 0. The van der Waals surface area contributed by atoms with Crippen LogP contribution in [0, 0.1) is 6.92 Å². The maximum Gasteiger partial charge on any atom is 0.119 e. The molecule has 2 rings (SSSR count). The van der Waals surface area contributed by atoms with Gasteiger partial charge in [-0.3, -0.25) is 0 Å². The fourth-order valence-electron chi connectivity index (χ4n) is 2.09. The van der Waals surface area contributed by atoms with Crippen LogP contribution in [0.5, 0.6) is 5.75 Å². The van der Waals surface area contributed by atoms with Gasteiger partial charge in [-0.1, -0.05) is 35.9 Å². The van der Waals surface area contributed by atoms with Crippen molar-refractivity contribution < 1.29 is 4.74 Å². The highest BCUT2D eigenvalue weighted by atomic mass is 35.5. The Balaban J connectivity index is 2.21. The third-order valence-corrected chi connectivity index (χ3v) is 3.93. The van der Waals surface area contributed by atoms with Gasteiger partial charge in [-0.2, -0.15) is 0 Å². The van der Waals surface area contributed by atoms with Crippen LogP contribution in [0.2, 0.25) is 5.02 Å². The third-order valence-electron chi connectivity index (χ3n) is 3.17. The van der Waals surface area contributed by atoms with E-state index in [1.807, 2.05) is 49.4 Å². The highest BCUT2D eigenvalue weighted by Gasteiger charge is 2.13. The molecule has 1 atom stereocenters. The molecule has 2 aromatic rings. The number of hydrogen-bond donors (Lipinski definition) is 0. The van der Waals surface area contributed by atoms with E-state index in [2.05, 4.69) is 0 Å². The van der Waals surface area contributed by atoms with Crippen molar-refractivity contribution in [2.75, 3.05) is 7.11 Å². The van der Waals surface area contributed by atoms with Crippen molar-refractivity contribution in [3.63, 3.8) is 0 Å². The molecule has 0 fully saturated rings. The number of halogens is 2. The standard InChI is InChI=1S/C16H16Cl2O/c1-11-9-13(19-2)7-8-14(11)16(18)10-12-5-3-4-6-15(12)17/h3-9,16H,10H2,1-2H3. The second-order valence-corrected chi connectivity index (χ2v) is 5.42. The molecule has 0 N–H and O–H groups in total. The van der Waals surface area contributed by atoms with E-state index in [1.165, 1.54) is 0 Å². The predicted octanol–water partition coefficient (Wildman–Crippen LogP) is 5.18. The molecule has 0 spiro atoms. The van der Waals surface area contributed by atoms with Crippen molar-refractivity contribution in [2.45, 2.75) is 18.7 Å². The first kappa shape index (κ1) is 14.2. The van der Waals surface area contributed by atoms with Crippen molar-refractivity contribution in [1.29, 1.82) is 0 Å². The van der Waals surface area contributed by atoms with Gasteiger partial charge >= 0.3 is 0 Å². The van der Waals surface area contributed by atoms with Crippen LogP contribution in [0.25, 0.3) is 0 Å². The van der Waals surface area contributed by atoms with Crippen molar-refractivity contribution >= 4 is 23.2 Å². The third kappa shape index (κ3) is 3.43. The number of hydrogen-bond acceptors (Lipinski definition) is 1. The monoisotopic (exact) mass is 294 g/mol. The Morgan fingerprint density at radius 2 is 1.89 bits per heavy atom. The largest absolute Gasteiger partial charge is 0.497 e. The summed E-state index contributed by atoms with van der Waals surface area (Å²) in [6, 6.07) is 13.8. The number of methoxy groups -OCH3 is 1. The summed E-state index contributed by atoms with van der Waals surface area (Å²) in [5.74, 6) is 0.850. The number of ether oxygens (including phenoxy) is 1. The van der Waals surface area contributed by atoms with E-state index in [1.54, 1.807) is 7.11 Å². The molecule has 0 aliphatic carbocycles. The van der Waals surface area contributed by atoms with E-state index in [0.717, 1.165) is 27.5 Å². The fraction of sp³-hybridized carbons (Fsp3) is 0.250. The van der Waals surface area contributed by atoms with E-state index in [0.29, 0.717) is 6.42 Å². The summed E-state index contributed by atoms with van der Waals surface area (Å²) in [6.07, 6.45) is 0.717. The van der Waals surface area contributed by atoms with Crippen LogP contribution < -0.4 is 4.74 Å². The highest BCUT2D eigenvalue weighted by Crippen LogP contribution is 2.31. The van der Waals surface area contributed by atoms with Crippen molar-refractivity contribution in [3.05, 3.63) is 64.2 Å². The lowest BCUT2D eigenvalue weighted by molar-refractivity contribution is 0.414. The van der Waals surface area contributed by atoms with Crippen LogP contribution in [-0.4, -0.2) is 7.11 Å². The van der Waals surface area contributed by atoms with Gasteiger partial charge in [-0.15, -0.1) is 11.6 Å². The van der Waals surface area contributed by atoms with Gasteiger partial charge in [0.05, 0.1) is 12.5 Å². The van der Waals surface area contributed by atoms with E-state index < -0.39 is 0 Å². The molecular formula is C16H16Cl2O. The molecule has 0 radical (unpaired) electrons. The zero-order chi connectivity index (χ0) is 13.8. The molecule has 19 heavy (non-hydrogen) atoms. The van der Waals surface area contributed by atoms with Gasteiger partial charge in [0.25, 0.3) is 0 Å². The average molecular weight is 295 g/mol. The van der Waals surface area contributed by atoms with E-state index in [4.69, 9.17) is 27.9 Å². The fourth-order valence-corrected chi connectivity index (χ4v) is 2.72. The minimum atomic E-state index is -0.0918. The van der Waals surface area contributed by atoms with Crippen LogP contribution >= 0.6 is 23.2 Å². The van der Waals surface area contributed by atoms with Crippen LogP contribution in [0.15, 0.2) is 42.5 Å². The Morgan fingerprint density at radius 1 is 1.16 bits per heavy atom. The lowest BCUT2D eigenvalue weighted by Gasteiger charge is -2.14. The van der Waals surface area contributed by atoms with Crippen LogP contribution in [0.4, 0.5) is 0 Å². The SMILES string of the molecule is COc1ccc(C(Cl)Cc2ccccc2Cl)c(C)c1. The minimum Gasteiger partial charge on any atom is -0.497 e. The normalized spacial score (nSPS) is 12.2. The van der Waals surface area contributed by atoms with Crippen LogP contribution in [0.1, 0.15) is 22.1 Å². The molecule has 1 nitrogen and oxygen atoms in total. The Labute approximate surface area is 124 Å². The molecule has 0 bridgehead atoms. The molecule has 0 aliphatic heterocycles. The Hall–Kier alpha value is -1.18. The minimum absolute atomic E-state index is 0.0918. The number of alkyl halides is 1. The second-order valence-electron chi connectivity index (χ2n) is 4.49. The van der Waals surface area contributed by atoms with Crippen LogP contribution in [-0.2, 0) is 6.42 Å². The summed E-state index contributed by atoms with van der Waals surface area (Å²) in [5.41, 5.74) is 3.31. The Bertz CT molecular complexity index is 566. The van der Waals surface area contributed by atoms with Gasteiger partial charge in [-0.25, -0.2) is 0 Å². The second kappa shape index (κ2) is 6.31. The summed E-state index contributed by atoms with van der Waals surface area (Å²) in [6.45, 7) is 2.04. The number of rotatable bonds is 4. The maximum atomic E-state index is 6.51. The summed E-state index contributed by atoms with van der Waals surface area (Å²) < 4.78 is 5.20. The molecular weight excluding hydrogens is 279 g/mol. The Kier molecular flexibility index (Phi) is 4.73. The summed E-state index contributed by atoms with van der Waals surface area (Å²) >= 11 is 12.7. The highest BCUT2D eigenvalue weighted by molar-refractivity contribution is 6.31. The van der Waals surface area contributed by atoms with Crippen LogP contribution in [0.3, 0.4) is 0 Å². The topological polar surface area (TPSA) is 9.23 Å². The predicted molar refractivity (Wildman–Crippen MR) is 81.5 cm³/mol. The quantitative estimate of drug-likeness (QED) is 0.706. The molecule has 1 unspecified atom stereocenters. The molecule has 0 saturated heterocycles. The lowest BCUT2D eigenvalue weighted by Crippen LogP contribution is -1.99. The van der Waals surface area contributed by atoms with Crippen molar-refractivity contribution in [3.8, 4) is 5.75 Å². The van der Waals surface area contributed by atoms with E-state index in [9.17, 15) is 0 Å². The molecule has 0 aliphatic rings. The van der Waals surface area contributed by atoms with E-state index >= 15 is 0 Å². The summed E-state index contributed by atoms with van der Waals surface area (Å²) in [7, 11) is 1.66. The average Bonchev–Trinajstić information content (AvgIpc) is 2.41. The Morgan fingerprint density at radius 3 is 2.53 bits per heavy atom. The lowest BCUT2D eigenvalue weighted by atomic mass is 10.00. The molecule has 3 heteroatoms. The smallest absolute Gasteiger partial charge is 0.119 e. The first-order valence-corrected chi connectivity index (χ1v) is 6.95. The number of benzene rings is 2. The van der Waals surface area contributed by atoms with Gasteiger partial charge in [-0.05, 0) is 48.2 Å². The van der Waals surface area contributed by atoms with E-state index in [-0.39, 0.29) is 5.38 Å². The van der Waals surface area contributed by atoms with Gasteiger partial charge in [0.1, 0.15) is 5.75 Å². The maximum absolute atomic E-state index is 6.51. The molecule has 100 valence electrons. The molecule has 0 aromatic heterocycles. The molecule has 0 heterocycles. The zero-order valence-corrected chi connectivity index (χ0v) is 12.5. The van der Waals surface area contributed by atoms with Gasteiger partial charge in [0.15, 0.2) is 0 Å². The molecule has 2 aromatic carbocycles. The zero-order valence-electron chi connectivity index (χ0n) is 11.0. The number of aryl methyl sites for hydroxylation is 1. The molecule has 0 amide bonds. The first-order chi connectivity index (χ1) is 9.11. The summed E-state index contributed by atoms with van der Waals surface area (Å²) in [5, 5.41) is 0.671. The first-order valence-electron chi connectivity index (χ1n) is 6.14. The van der Waals surface area contributed by atoms with Gasteiger partial charge in [0, 0.05) is 5.02 Å². The molecule has 0 saturated carbocycles. The van der Waals surface area contributed by atoms with Crippen molar-refractivity contribution in [2.24, 2.45) is 0 Å². The van der Waals surface area contributed by atoms with Gasteiger partial charge < -0.3 is 4.74 Å². The van der Waals surface area contributed by atoms with Crippen molar-refractivity contribution in [1.82, 2.24) is 0 Å².